The van der Waals surface area contributed by atoms with Crippen LogP contribution in [0.5, 0.6) is 0 Å². The fourth-order valence-corrected chi connectivity index (χ4v) is 5.63. The van der Waals surface area contributed by atoms with Crippen LogP contribution in [0.1, 0.15) is 46.0 Å². The molecule has 116 valence electrons. The Morgan fingerprint density at radius 3 is 2.45 bits per heavy atom. The van der Waals surface area contributed by atoms with Crippen LogP contribution in [0, 0.1) is 5.92 Å². The molecule has 2 unspecified atom stereocenters. The van der Waals surface area contributed by atoms with Gasteiger partial charge in [0.25, 0.3) is 0 Å². The van der Waals surface area contributed by atoms with E-state index in [2.05, 4.69) is 23.6 Å². The number of hydrogen-bond donors (Lipinski definition) is 0. The fourth-order valence-electron chi connectivity index (χ4n) is 4.36. The van der Waals surface area contributed by atoms with Crippen LogP contribution >= 0.6 is 0 Å². The van der Waals surface area contributed by atoms with Gasteiger partial charge < -0.3 is 0 Å². The lowest BCUT2D eigenvalue weighted by atomic mass is 9.90. The molecule has 20 heavy (non-hydrogen) atoms. The predicted molar refractivity (Wildman–Crippen MR) is 85.4 cm³/mol. The molecule has 0 aromatic rings. The van der Waals surface area contributed by atoms with Crippen molar-refractivity contribution in [1.29, 1.82) is 0 Å². The van der Waals surface area contributed by atoms with Crippen molar-refractivity contribution in [2.75, 3.05) is 31.1 Å². The molecule has 3 aliphatic rings. The van der Waals surface area contributed by atoms with Gasteiger partial charge in [0.2, 0.25) is 0 Å². The number of fused-ring (bicyclic) bond motifs is 1. The quantitative estimate of drug-likeness (QED) is 0.780. The number of hydrogen-bond acceptors (Lipinski definition) is 3. The molecule has 4 heteroatoms. The van der Waals surface area contributed by atoms with Crippen LogP contribution in [-0.4, -0.2) is 63.3 Å². The summed E-state index contributed by atoms with van der Waals surface area (Å²) in [5.74, 6) is 2.59. The van der Waals surface area contributed by atoms with Crippen LogP contribution in [0.2, 0.25) is 0 Å². The average Bonchev–Trinajstić information content (AvgIpc) is 2.46. The van der Waals surface area contributed by atoms with E-state index in [0.29, 0.717) is 12.1 Å². The molecule has 0 spiro atoms. The molecule has 0 aliphatic carbocycles. The SMILES string of the molecule is CC(C)C1CN2CCCCC2CN1C1CCS(=O)CC1. The highest BCUT2D eigenvalue weighted by atomic mass is 32.2. The molecule has 3 heterocycles. The molecule has 0 aromatic carbocycles. The summed E-state index contributed by atoms with van der Waals surface area (Å²) in [7, 11) is -0.532. The maximum absolute atomic E-state index is 11.6. The van der Waals surface area contributed by atoms with Gasteiger partial charge in [0.05, 0.1) is 0 Å². The van der Waals surface area contributed by atoms with Crippen molar-refractivity contribution in [2.24, 2.45) is 5.92 Å². The Kier molecular flexibility index (Phi) is 4.83. The van der Waals surface area contributed by atoms with Crippen LogP contribution in [-0.2, 0) is 10.8 Å². The summed E-state index contributed by atoms with van der Waals surface area (Å²) in [4.78, 5) is 5.57. The van der Waals surface area contributed by atoms with Gasteiger partial charge in [0.15, 0.2) is 0 Å². The summed E-state index contributed by atoms with van der Waals surface area (Å²) in [5.41, 5.74) is 0. The molecule has 3 saturated heterocycles. The van der Waals surface area contributed by atoms with Gasteiger partial charge >= 0.3 is 0 Å². The van der Waals surface area contributed by atoms with Crippen LogP contribution in [0.4, 0.5) is 0 Å². The highest BCUT2D eigenvalue weighted by Gasteiger charge is 2.39. The van der Waals surface area contributed by atoms with Gasteiger partial charge in [-0.2, -0.15) is 0 Å². The smallest absolute Gasteiger partial charge is 0.0249 e. The molecule has 0 saturated carbocycles. The minimum atomic E-state index is -0.532. The molecule has 3 aliphatic heterocycles. The van der Waals surface area contributed by atoms with Gasteiger partial charge in [0.1, 0.15) is 0 Å². The topological polar surface area (TPSA) is 23.6 Å². The van der Waals surface area contributed by atoms with Crippen molar-refractivity contribution in [3.8, 4) is 0 Å². The van der Waals surface area contributed by atoms with Crippen LogP contribution in [0.3, 0.4) is 0 Å². The first-order chi connectivity index (χ1) is 9.65. The lowest BCUT2D eigenvalue weighted by Crippen LogP contribution is -2.63. The van der Waals surface area contributed by atoms with E-state index < -0.39 is 10.8 Å². The highest BCUT2D eigenvalue weighted by Crippen LogP contribution is 2.31. The third-order valence-electron chi connectivity index (χ3n) is 5.61. The fraction of sp³-hybridized carbons (Fsp3) is 1.00. The molecule has 0 radical (unpaired) electrons. The van der Waals surface area contributed by atoms with Gasteiger partial charge in [-0.25, -0.2) is 0 Å². The zero-order valence-corrected chi connectivity index (χ0v) is 13.9. The van der Waals surface area contributed by atoms with E-state index >= 15 is 0 Å². The lowest BCUT2D eigenvalue weighted by molar-refractivity contribution is -0.0318. The zero-order chi connectivity index (χ0) is 14.1. The van der Waals surface area contributed by atoms with Crippen LogP contribution in [0.15, 0.2) is 0 Å². The van der Waals surface area contributed by atoms with E-state index in [0.717, 1.165) is 36.3 Å². The van der Waals surface area contributed by atoms with Crippen molar-refractivity contribution in [3.05, 3.63) is 0 Å². The Morgan fingerprint density at radius 2 is 1.75 bits per heavy atom. The van der Waals surface area contributed by atoms with Gasteiger partial charge in [-0.3, -0.25) is 14.0 Å². The number of nitrogens with zero attached hydrogens (tertiary/aromatic N) is 2. The van der Waals surface area contributed by atoms with E-state index in [-0.39, 0.29) is 0 Å². The summed E-state index contributed by atoms with van der Waals surface area (Å²) in [6, 6.07) is 2.20. The standard InChI is InChI=1S/C16H30N2OS/c1-13(2)16-12-17-8-4-3-5-15(17)11-18(16)14-6-9-20(19)10-7-14/h13-16H,3-12H2,1-2H3. The Bertz CT molecular complexity index is 350. The third-order valence-corrected chi connectivity index (χ3v) is 7.00. The van der Waals surface area contributed by atoms with Crippen molar-refractivity contribution in [3.63, 3.8) is 0 Å². The molecule has 3 nitrogen and oxygen atoms in total. The minimum Gasteiger partial charge on any atom is -0.298 e. The molecule has 0 amide bonds. The molecule has 0 aromatic heterocycles. The maximum Gasteiger partial charge on any atom is 0.0249 e. The summed E-state index contributed by atoms with van der Waals surface area (Å²) in [6.45, 7) is 8.60. The Balaban J connectivity index is 1.71. The Labute approximate surface area is 126 Å². The maximum atomic E-state index is 11.6. The van der Waals surface area contributed by atoms with Gasteiger partial charge in [-0.15, -0.1) is 0 Å². The first-order valence-electron chi connectivity index (χ1n) is 8.50. The largest absolute Gasteiger partial charge is 0.298 e. The molecular formula is C16H30N2OS. The Hall–Kier alpha value is 0.0700. The second kappa shape index (κ2) is 6.45. The van der Waals surface area contributed by atoms with E-state index in [1.807, 2.05) is 0 Å². The predicted octanol–water partition coefficient (Wildman–Crippen LogP) is 2.09. The monoisotopic (exact) mass is 298 g/mol. The normalized spacial score (nSPS) is 40.8. The summed E-state index contributed by atoms with van der Waals surface area (Å²) < 4.78 is 11.6. The lowest BCUT2D eigenvalue weighted by Gasteiger charge is -2.52. The molecule has 3 rings (SSSR count). The molecule has 0 N–H and O–H groups in total. The summed E-state index contributed by atoms with van der Waals surface area (Å²) >= 11 is 0. The van der Waals surface area contributed by atoms with Gasteiger partial charge in [0, 0.05) is 53.5 Å². The van der Waals surface area contributed by atoms with Crippen molar-refractivity contribution >= 4 is 10.8 Å². The van der Waals surface area contributed by atoms with Crippen molar-refractivity contribution in [1.82, 2.24) is 9.80 Å². The second-order valence-electron chi connectivity index (χ2n) is 7.23. The van der Waals surface area contributed by atoms with Crippen molar-refractivity contribution in [2.45, 2.75) is 64.1 Å². The van der Waals surface area contributed by atoms with E-state index in [1.165, 1.54) is 38.9 Å². The van der Waals surface area contributed by atoms with E-state index in [1.54, 1.807) is 0 Å². The molecule has 0 bridgehead atoms. The summed E-state index contributed by atoms with van der Waals surface area (Å²) in [5, 5.41) is 0. The average molecular weight is 298 g/mol. The molecule has 3 fully saturated rings. The minimum absolute atomic E-state index is 0.532. The van der Waals surface area contributed by atoms with Crippen molar-refractivity contribution < 1.29 is 4.21 Å². The summed E-state index contributed by atoms with van der Waals surface area (Å²) in [6.07, 6.45) is 6.50. The number of rotatable bonds is 2. The number of piperidine rings is 1. The Morgan fingerprint density at radius 1 is 1.00 bits per heavy atom. The molecular weight excluding hydrogens is 268 g/mol. The van der Waals surface area contributed by atoms with Gasteiger partial charge in [-0.1, -0.05) is 20.3 Å². The second-order valence-corrected chi connectivity index (χ2v) is 8.93. The third kappa shape index (κ3) is 3.12. The first kappa shape index (κ1) is 15.0. The highest BCUT2D eigenvalue weighted by molar-refractivity contribution is 7.85. The number of piperazine rings is 1. The first-order valence-corrected chi connectivity index (χ1v) is 9.98. The van der Waals surface area contributed by atoms with E-state index in [9.17, 15) is 4.21 Å². The molecule has 2 atom stereocenters. The van der Waals surface area contributed by atoms with Gasteiger partial charge in [-0.05, 0) is 38.1 Å². The van der Waals surface area contributed by atoms with E-state index in [4.69, 9.17) is 0 Å². The van der Waals surface area contributed by atoms with Crippen LogP contribution < -0.4 is 0 Å². The van der Waals surface area contributed by atoms with Crippen LogP contribution in [0.25, 0.3) is 0 Å². The zero-order valence-electron chi connectivity index (χ0n) is 13.1.